The van der Waals surface area contributed by atoms with Crippen molar-refractivity contribution < 1.29 is 14.1 Å². The highest BCUT2D eigenvalue weighted by Crippen LogP contribution is 2.21. The zero-order chi connectivity index (χ0) is 16.1. The molecule has 22 heavy (non-hydrogen) atoms. The van der Waals surface area contributed by atoms with Crippen LogP contribution in [0, 0.1) is 15.9 Å². The number of pyridine rings is 1. The van der Waals surface area contributed by atoms with E-state index < -0.39 is 22.3 Å². The highest BCUT2D eigenvalue weighted by Gasteiger charge is 2.12. The van der Waals surface area contributed by atoms with Crippen molar-refractivity contribution in [1.82, 2.24) is 4.98 Å². The zero-order valence-electron chi connectivity index (χ0n) is 11.0. The van der Waals surface area contributed by atoms with Gasteiger partial charge in [0.05, 0.1) is 28.4 Å². The molecule has 0 atom stereocenters. The van der Waals surface area contributed by atoms with Gasteiger partial charge in [0.25, 0.3) is 5.69 Å². The van der Waals surface area contributed by atoms with E-state index in [1.54, 1.807) is 6.07 Å². The maximum absolute atomic E-state index is 13.0. The number of hydrogen-bond acceptors (Lipinski definition) is 4. The van der Waals surface area contributed by atoms with Crippen LogP contribution in [0.3, 0.4) is 0 Å². The van der Waals surface area contributed by atoms with Crippen LogP contribution < -0.4 is 5.32 Å². The highest BCUT2D eigenvalue weighted by molar-refractivity contribution is 6.29. The molecule has 0 spiro atoms. The van der Waals surface area contributed by atoms with Gasteiger partial charge >= 0.3 is 0 Å². The molecule has 1 heterocycles. The molecule has 1 aromatic heterocycles. The van der Waals surface area contributed by atoms with E-state index in [0.29, 0.717) is 5.69 Å². The Balaban J connectivity index is 2.13. The van der Waals surface area contributed by atoms with Crippen LogP contribution in [0.1, 0.15) is 5.56 Å². The van der Waals surface area contributed by atoms with Gasteiger partial charge in [0.2, 0.25) is 5.91 Å². The number of halogens is 2. The van der Waals surface area contributed by atoms with Crippen molar-refractivity contribution in [3.8, 4) is 0 Å². The molecule has 1 aromatic carbocycles. The van der Waals surface area contributed by atoms with E-state index in [1.807, 2.05) is 0 Å². The van der Waals surface area contributed by atoms with E-state index in [4.69, 9.17) is 11.6 Å². The molecule has 8 heteroatoms. The van der Waals surface area contributed by atoms with Crippen molar-refractivity contribution in [3.63, 3.8) is 0 Å². The summed E-state index contributed by atoms with van der Waals surface area (Å²) >= 11 is 5.62. The first-order valence-corrected chi connectivity index (χ1v) is 6.38. The van der Waals surface area contributed by atoms with Crippen LogP contribution >= 0.6 is 11.6 Å². The summed E-state index contributed by atoms with van der Waals surface area (Å²) in [6, 6.07) is 6.16. The molecule has 0 radical (unpaired) electrons. The Morgan fingerprint density at radius 3 is 2.77 bits per heavy atom. The molecule has 112 valence electrons. The summed E-state index contributed by atoms with van der Waals surface area (Å²) in [6.45, 7) is 0. The fraction of sp³-hybridized carbons (Fsp3) is 0. The third-order valence-electron chi connectivity index (χ3n) is 2.60. The molecular weight excluding hydrogens is 313 g/mol. The lowest BCUT2D eigenvalue weighted by Gasteiger charge is -2.01. The van der Waals surface area contributed by atoms with Crippen molar-refractivity contribution in [2.45, 2.75) is 0 Å². The molecule has 0 saturated heterocycles. The minimum Gasteiger partial charge on any atom is -0.321 e. The molecule has 1 amide bonds. The van der Waals surface area contributed by atoms with Gasteiger partial charge in [0, 0.05) is 6.08 Å². The third-order valence-corrected chi connectivity index (χ3v) is 2.82. The SMILES string of the molecule is O=C(/C=C/c1ccc(F)cc1[N+](=O)[O-])Nc1ccc(Cl)nc1. The molecular formula is C14H9ClFN3O3. The molecule has 0 fully saturated rings. The Labute approximate surface area is 129 Å². The Bertz CT molecular complexity index is 747. The summed E-state index contributed by atoms with van der Waals surface area (Å²) in [5.41, 5.74) is 0.126. The predicted molar refractivity (Wildman–Crippen MR) is 80.0 cm³/mol. The van der Waals surface area contributed by atoms with E-state index in [9.17, 15) is 19.3 Å². The maximum Gasteiger partial charge on any atom is 0.279 e. The lowest BCUT2D eigenvalue weighted by atomic mass is 10.1. The number of hydrogen-bond donors (Lipinski definition) is 1. The van der Waals surface area contributed by atoms with Gasteiger partial charge in [-0.2, -0.15) is 0 Å². The number of nitrogens with one attached hydrogen (secondary N) is 1. The molecule has 2 aromatic rings. The second kappa shape index (κ2) is 6.77. The van der Waals surface area contributed by atoms with E-state index in [2.05, 4.69) is 10.3 Å². The van der Waals surface area contributed by atoms with E-state index in [1.165, 1.54) is 24.4 Å². The van der Waals surface area contributed by atoms with Crippen molar-refractivity contribution in [2.75, 3.05) is 5.32 Å². The molecule has 0 aliphatic heterocycles. The van der Waals surface area contributed by atoms with E-state index in [-0.39, 0.29) is 10.7 Å². The van der Waals surface area contributed by atoms with Gasteiger partial charge in [-0.05, 0) is 30.3 Å². The van der Waals surface area contributed by atoms with E-state index in [0.717, 1.165) is 18.2 Å². The number of nitro benzene ring substituents is 1. The number of nitro groups is 1. The van der Waals surface area contributed by atoms with Crippen LogP contribution in [-0.4, -0.2) is 15.8 Å². The molecule has 2 rings (SSSR count). The number of aromatic nitrogens is 1. The minimum atomic E-state index is -0.722. The fourth-order valence-electron chi connectivity index (χ4n) is 1.62. The number of anilines is 1. The summed E-state index contributed by atoms with van der Waals surface area (Å²) in [7, 11) is 0. The number of carbonyl (C=O) groups excluding carboxylic acids is 1. The maximum atomic E-state index is 13.0. The van der Waals surface area contributed by atoms with Gasteiger partial charge in [-0.1, -0.05) is 11.6 Å². The normalized spacial score (nSPS) is 10.6. The number of amides is 1. The number of rotatable bonds is 4. The summed E-state index contributed by atoms with van der Waals surface area (Å²) in [6.07, 6.45) is 3.71. The lowest BCUT2D eigenvalue weighted by molar-refractivity contribution is -0.385. The van der Waals surface area contributed by atoms with Gasteiger partial charge in [-0.15, -0.1) is 0 Å². The monoisotopic (exact) mass is 321 g/mol. The molecule has 0 unspecified atom stereocenters. The first kappa shape index (κ1) is 15.6. The van der Waals surface area contributed by atoms with Gasteiger partial charge in [0.15, 0.2) is 0 Å². The van der Waals surface area contributed by atoms with Gasteiger partial charge in [0.1, 0.15) is 11.0 Å². The zero-order valence-corrected chi connectivity index (χ0v) is 11.7. The fourth-order valence-corrected chi connectivity index (χ4v) is 1.73. The standard InChI is InChI=1S/C14H9ClFN3O3/c15-13-5-4-11(8-17-13)18-14(20)6-2-9-1-3-10(16)7-12(9)19(21)22/h1-8H,(H,18,20)/b6-2+. The van der Waals surface area contributed by atoms with Gasteiger partial charge in [-0.3, -0.25) is 14.9 Å². The quantitative estimate of drug-likeness (QED) is 0.404. The van der Waals surface area contributed by atoms with Crippen LogP contribution in [0.2, 0.25) is 5.15 Å². The molecule has 1 N–H and O–H groups in total. The van der Waals surface area contributed by atoms with Crippen molar-refractivity contribution >= 4 is 35.0 Å². The lowest BCUT2D eigenvalue weighted by Crippen LogP contribution is -2.07. The van der Waals surface area contributed by atoms with Gasteiger partial charge in [-0.25, -0.2) is 9.37 Å². The van der Waals surface area contributed by atoms with E-state index >= 15 is 0 Å². The summed E-state index contributed by atoms with van der Waals surface area (Å²) in [4.78, 5) is 25.6. The van der Waals surface area contributed by atoms with Crippen molar-refractivity contribution in [1.29, 1.82) is 0 Å². The van der Waals surface area contributed by atoms with Gasteiger partial charge < -0.3 is 5.32 Å². The van der Waals surface area contributed by atoms with Crippen molar-refractivity contribution in [3.05, 3.63) is 69.3 Å². The summed E-state index contributed by atoms with van der Waals surface area (Å²) in [5.74, 6) is -1.23. The average molecular weight is 322 g/mol. The van der Waals surface area contributed by atoms with Crippen LogP contribution in [0.25, 0.3) is 6.08 Å². The number of benzene rings is 1. The second-order valence-corrected chi connectivity index (χ2v) is 4.54. The Kier molecular flexibility index (Phi) is 4.80. The average Bonchev–Trinajstić information content (AvgIpc) is 2.48. The molecule has 0 bridgehead atoms. The van der Waals surface area contributed by atoms with Crippen LogP contribution in [0.5, 0.6) is 0 Å². The highest BCUT2D eigenvalue weighted by atomic mass is 35.5. The summed E-state index contributed by atoms with van der Waals surface area (Å²) < 4.78 is 13.0. The molecule has 6 nitrogen and oxygen atoms in total. The predicted octanol–water partition coefficient (Wildman–Crippen LogP) is 3.43. The number of carbonyl (C=O) groups is 1. The number of nitrogens with zero attached hydrogens (tertiary/aromatic N) is 2. The van der Waals surface area contributed by atoms with Crippen LogP contribution in [0.4, 0.5) is 15.8 Å². The van der Waals surface area contributed by atoms with Crippen molar-refractivity contribution in [2.24, 2.45) is 0 Å². The second-order valence-electron chi connectivity index (χ2n) is 4.15. The minimum absolute atomic E-state index is 0.121. The largest absolute Gasteiger partial charge is 0.321 e. The summed E-state index contributed by atoms with van der Waals surface area (Å²) in [5, 5.41) is 13.6. The van der Waals surface area contributed by atoms with Crippen LogP contribution in [0.15, 0.2) is 42.6 Å². The Morgan fingerprint density at radius 1 is 1.36 bits per heavy atom. The smallest absolute Gasteiger partial charge is 0.279 e. The first-order valence-electron chi connectivity index (χ1n) is 6.00. The Morgan fingerprint density at radius 2 is 2.14 bits per heavy atom. The third kappa shape index (κ3) is 4.10. The topological polar surface area (TPSA) is 85.1 Å². The molecule has 0 aliphatic carbocycles. The van der Waals surface area contributed by atoms with Crippen LogP contribution in [-0.2, 0) is 4.79 Å². The Hall–Kier alpha value is -2.80. The first-order chi connectivity index (χ1) is 10.5. The molecule has 0 saturated carbocycles. The molecule has 0 aliphatic rings.